The summed E-state index contributed by atoms with van der Waals surface area (Å²) in [5, 5.41) is 4.75. The molecule has 2 aromatic rings. The van der Waals surface area contributed by atoms with Gasteiger partial charge < -0.3 is 14.6 Å². The number of nitrogens with one attached hydrogen (secondary N) is 1. The van der Waals surface area contributed by atoms with Gasteiger partial charge in [0.2, 0.25) is 0 Å². The van der Waals surface area contributed by atoms with Crippen LogP contribution < -0.4 is 5.32 Å². The van der Waals surface area contributed by atoms with Gasteiger partial charge in [0.1, 0.15) is 11.3 Å². The summed E-state index contributed by atoms with van der Waals surface area (Å²) in [6.07, 6.45) is 0. The van der Waals surface area contributed by atoms with Gasteiger partial charge in [-0.1, -0.05) is 25.1 Å². The molecule has 1 heterocycles. The van der Waals surface area contributed by atoms with Crippen LogP contribution in [0.2, 0.25) is 0 Å². The second-order valence-electron chi connectivity index (χ2n) is 6.43. The normalized spacial score (nSPS) is 12.5. The highest BCUT2D eigenvalue weighted by molar-refractivity contribution is 5.82. The highest BCUT2D eigenvalue weighted by atomic mass is 16.3. The Labute approximate surface area is 122 Å². The van der Waals surface area contributed by atoms with Crippen LogP contribution in [0, 0.1) is 0 Å². The number of furan rings is 1. The number of hydrogen-bond acceptors (Lipinski definition) is 3. The van der Waals surface area contributed by atoms with Gasteiger partial charge in [0.15, 0.2) is 0 Å². The predicted octanol–water partition coefficient (Wildman–Crippen LogP) is 3.77. The first-order chi connectivity index (χ1) is 9.40. The quantitative estimate of drug-likeness (QED) is 0.899. The number of benzene rings is 1. The fourth-order valence-corrected chi connectivity index (χ4v) is 2.19. The first-order valence-electron chi connectivity index (χ1n) is 7.33. The van der Waals surface area contributed by atoms with Gasteiger partial charge in [0.05, 0.1) is 6.54 Å². The molecule has 20 heavy (non-hydrogen) atoms. The van der Waals surface area contributed by atoms with E-state index >= 15 is 0 Å². The van der Waals surface area contributed by atoms with Crippen LogP contribution in [0.3, 0.4) is 0 Å². The monoisotopic (exact) mass is 274 g/mol. The van der Waals surface area contributed by atoms with Crippen molar-refractivity contribution in [2.75, 3.05) is 13.6 Å². The highest BCUT2D eigenvalue weighted by Gasteiger charge is 2.17. The SMILES string of the molecule is CCN(C)Cc1c(CNC(C)(C)C)oc2ccccc12. The van der Waals surface area contributed by atoms with Gasteiger partial charge in [-0.25, -0.2) is 0 Å². The summed E-state index contributed by atoms with van der Waals surface area (Å²) < 4.78 is 6.05. The molecule has 1 N–H and O–H groups in total. The number of rotatable bonds is 5. The van der Waals surface area contributed by atoms with Crippen LogP contribution in [0.4, 0.5) is 0 Å². The minimum atomic E-state index is 0.0902. The molecule has 0 unspecified atom stereocenters. The average molecular weight is 274 g/mol. The molecule has 3 nitrogen and oxygen atoms in total. The number of nitrogens with zero attached hydrogens (tertiary/aromatic N) is 1. The summed E-state index contributed by atoms with van der Waals surface area (Å²) >= 11 is 0. The summed E-state index contributed by atoms with van der Waals surface area (Å²) in [5.74, 6) is 1.06. The summed E-state index contributed by atoms with van der Waals surface area (Å²) in [7, 11) is 2.14. The van der Waals surface area contributed by atoms with Crippen LogP contribution >= 0.6 is 0 Å². The largest absolute Gasteiger partial charge is 0.459 e. The first kappa shape index (κ1) is 15.1. The van der Waals surface area contributed by atoms with E-state index in [9.17, 15) is 0 Å². The highest BCUT2D eigenvalue weighted by Crippen LogP contribution is 2.27. The Kier molecular flexibility index (Phi) is 4.51. The summed E-state index contributed by atoms with van der Waals surface area (Å²) in [5.41, 5.74) is 2.38. The number of hydrogen-bond donors (Lipinski definition) is 1. The molecular formula is C17H26N2O. The number of fused-ring (bicyclic) bond motifs is 1. The van der Waals surface area contributed by atoms with E-state index in [1.807, 2.05) is 12.1 Å². The van der Waals surface area contributed by atoms with E-state index < -0.39 is 0 Å². The van der Waals surface area contributed by atoms with Crippen molar-refractivity contribution in [3.8, 4) is 0 Å². The Morgan fingerprint density at radius 2 is 1.90 bits per heavy atom. The molecule has 2 rings (SSSR count). The lowest BCUT2D eigenvalue weighted by Gasteiger charge is -2.20. The standard InChI is InChI=1S/C17H26N2O/c1-6-19(5)12-14-13-9-7-8-10-15(13)20-16(14)11-18-17(2,3)4/h7-10,18H,6,11-12H2,1-5H3. The molecular weight excluding hydrogens is 248 g/mol. The molecule has 0 fully saturated rings. The Bertz CT molecular complexity index is 566. The van der Waals surface area contributed by atoms with Crippen LogP contribution in [-0.4, -0.2) is 24.0 Å². The third kappa shape index (κ3) is 3.62. The van der Waals surface area contributed by atoms with Crippen LogP contribution in [0.1, 0.15) is 39.0 Å². The molecule has 0 aliphatic rings. The van der Waals surface area contributed by atoms with E-state index in [0.29, 0.717) is 0 Å². The third-order valence-corrected chi connectivity index (χ3v) is 3.53. The Morgan fingerprint density at radius 3 is 2.55 bits per heavy atom. The average Bonchev–Trinajstić information content (AvgIpc) is 2.74. The molecule has 0 aliphatic heterocycles. The van der Waals surface area contributed by atoms with E-state index in [4.69, 9.17) is 4.42 Å². The zero-order valence-electron chi connectivity index (χ0n) is 13.3. The maximum atomic E-state index is 6.05. The van der Waals surface area contributed by atoms with E-state index in [-0.39, 0.29) is 5.54 Å². The topological polar surface area (TPSA) is 28.4 Å². The molecule has 0 amide bonds. The lowest BCUT2D eigenvalue weighted by molar-refractivity contribution is 0.337. The molecule has 1 aromatic carbocycles. The van der Waals surface area contributed by atoms with Gasteiger partial charge in [0.25, 0.3) is 0 Å². The molecule has 0 aliphatic carbocycles. The molecule has 0 bridgehead atoms. The van der Waals surface area contributed by atoms with Crippen molar-refractivity contribution in [1.82, 2.24) is 10.2 Å². The third-order valence-electron chi connectivity index (χ3n) is 3.53. The second-order valence-corrected chi connectivity index (χ2v) is 6.43. The second kappa shape index (κ2) is 5.98. The molecule has 0 saturated carbocycles. The maximum Gasteiger partial charge on any atom is 0.134 e. The lowest BCUT2D eigenvalue weighted by Crippen LogP contribution is -2.35. The van der Waals surface area contributed by atoms with Crippen molar-refractivity contribution >= 4 is 11.0 Å². The zero-order chi connectivity index (χ0) is 14.8. The molecule has 0 saturated heterocycles. The van der Waals surface area contributed by atoms with E-state index in [0.717, 1.165) is 31.0 Å². The van der Waals surface area contributed by atoms with Gasteiger partial charge in [-0.2, -0.15) is 0 Å². The lowest BCUT2D eigenvalue weighted by atomic mass is 10.1. The van der Waals surface area contributed by atoms with E-state index in [2.05, 4.69) is 57.1 Å². The number of para-hydroxylation sites is 1. The van der Waals surface area contributed by atoms with Crippen molar-refractivity contribution in [3.05, 3.63) is 35.6 Å². The molecule has 3 heteroatoms. The van der Waals surface area contributed by atoms with Crippen LogP contribution in [0.15, 0.2) is 28.7 Å². The van der Waals surface area contributed by atoms with Gasteiger partial charge in [-0.05, 0) is 40.4 Å². The summed E-state index contributed by atoms with van der Waals surface area (Å²) in [6, 6.07) is 8.30. The van der Waals surface area contributed by atoms with Gasteiger partial charge in [-0.3, -0.25) is 0 Å². The Balaban J connectivity index is 2.33. The fraction of sp³-hybridized carbons (Fsp3) is 0.529. The summed E-state index contributed by atoms with van der Waals surface area (Å²) in [6.45, 7) is 11.4. The van der Waals surface area contributed by atoms with Crippen molar-refractivity contribution in [1.29, 1.82) is 0 Å². The van der Waals surface area contributed by atoms with Gasteiger partial charge in [-0.15, -0.1) is 0 Å². The van der Waals surface area contributed by atoms with Crippen LogP contribution in [0.25, 0.3) is 11.0 Å². The maximum absolute atomic E-state index is 6.05. The Morgan fingerprint density at radius 1 is 1.20 bits per heavy atom. The molecule has 0 atom stereocenters. The fourth-order valence-electron chi connectivity index (χ4n) is 2.19. The van der Waals surface area contributed by atoms with Crippen molar-refractivity contribution < 1.29 is 4.42 Å². The molecule has 0 spiro atoms. The van der Waals surface area contributed by atoms with Gasteiger partial charge in [0, 0.05) is 23.0 Å². The minimum absolute atomic E-state index is 0.0902. The zero-order valence-corrected chi connectivity index (χ0v) is 13.3. The summed E-state index contributed by atoms with van der Waals surface area (Å²) in [4.78, 5) is 2.30. The van der Waals surface area contributed by atoms with Crippen LogP contribution in [-0.2, 0) is 13.1 Å². The minimum Gasteiger partial charge on any atom is -0.459 e. The first-order valence-corrected chi connectivity index (χ1v) is 7.33. The predicted molar refractivity (Wildman–Crippen MR) is 84.8 cm³/mol. The Hall–Kier alpha value is -1.32. The smallest absolute Gasteiger partial charge is 0.134 e. The van der Waals surface area contributed by atoms with E-state index in [1.165, 1.54) is 10.9 Å². The van der Waals surface area contributed by atoms with Crippen molar-refractivity contribution in [3.63, 3.8) is 0 Å². The van der Waals surface area contributed by atoms with E-state index in [1.54, 1.807) is 0 Å². The van der Waals surface area contributed by atoms with Crippen LogP contribution in [0.5, 0.6) is 0 Å². The van der Waals surface area contributed by atoms with Crippen molar-refractivity contribution in [2.45, 2.75) is 46.3 Å². The van der Waals surface area contributed by atoms with Crippen molar-refractivity contribution in [2.24, 2.45) is 0 Å². The van der Waals surface area contributed by atoms with Gasteiger partial charge >= 0.3 is 0 Å². The molecule has 0 radical (unpaired) electrons. The molecule has 1 aromatic heterocycles. The molecule has 110 valence electrons.